The van der Waals surface area contributed by atoms with Gasteiger partial charge in [-0.15, -0.1) is 0 Å². The van der Waals surface area contributed by atoms with Gasteiger partial charge in [0.15, 0.2) is 5.13 Å². The molecule has 1 saturated heterocycles. The number of aryl methyl sites for hydroxylation is 1. The lowest BCUT2D eigenvalue weighted by molar-refractivity contribution is 0.0747. The number of carbonyl (C=O) groups is 1. The Morgan fingerprint density at radius 2 is 1.85 bits per heavy atom. The van der Waals surface area contributed by atoms with Crippen molar-refractivity contribution >= 4 is 55.8 Å². The summed E-state index contributed by atoms with van der Waals surface area (Å²) in [4.78, 5) is 21.5. The third-order valence-electron chi connectivity index (χ3n) is 4.53. The Morgan fingerprint density at radius 1 is 1.08 bits per heavy atom. The summed E-state index contributed by atoms with van der Waals surface area (Å²) < 4.78 is 1.20. The maximum atomic E-state index is 12.7. The molecule has 3 aromatic rings. The van der Waals surface area contributed by atoms with Gasteiger partial charge in [0, 0.05) is 31.2 Å². The zero-order valence-corrected chi connectivity index (χ0v) is 16.5. The van der Waals surface area contributed by atoms with Crippen molar-refractivity contribution in [1.29, 1.82) is 0 Å². The fourth-order valence-corrected chi connectivity index (χ4v) is 4.69. The minimum atomic E-state index is -0.0498. The molecule has 0 bridgehead atoms. The number of hydrogen-bond acceptors (Lipinski definition) is 4. The summed E-state index contributed by atoms with van der Waals surface area (Å²) in [5.41, 5.74) is 2.77. The van der Waals surface area contributed by atoms with Crippen LogP contribution in [0.25, 0.3) is 10.2 Å². The fraction of sp³-hybridized carbons (Fsp3) is 0.263. The van der Waals surface area contributed by atoms with Crippen LogP contribution in [0.15, 0.2) is 36.4 Å². The molecule has 0 atom stereocenters. The second kappa shape index (κ2) is 7.06. The van der Waals surface area contributed by atoms with E-state index in [0.29, 0.717) is 28.7 Å². The summed E-state index contributed by atoms with van der Waals surface area (Å²) in [6.07, 6.45) is 0. The van der Waals surface area contributed by atoms with Crippen LogP contribution in [-0.2, 0) is 0 Å². The highest BCUT2D eigenvalue weighted by molar-refractivity contribution is 7.22. The summed E-state index contributed by atoms with van der Waals surface area (Å²) >= 11 is 13.8. The second-order valence-corrected chi connectivity index (χ2v) is 8.22. The molecule has 4 nitrogen and oxygen atoms in total. The number of halogens is 2. The van der Waals surface area contributed by atoms with Crippen LogP contribution in [0.1, 0.15) is 15.9 Å². The van der Waals surface area contributed by atoms with E-state index < -0.39 is 0 Å². The van der Waals surface area contributed by atoms with Crippen LogP contribution in [0.2, 0.25) is 10.0 Å². The van der Waals surface area contributed by atoms with Crippen LogP contribution in [0, 0.1) is 6.92 Å². The highest BCUT2D eigenvalue weighted by Gasteiger charge is 2.25. The Labute approximate surface area is 166 Å². The van der Waals surface area contributed by atoms with E-state index in [-0.39, 0.29) is 5.91 Å². The number of carbonyl (C=O) groups excluding carboxylic acids is 1. The van der Waals surface area contributed by atoms with Crippen LogP contribution in [0.4, 0.5) is 5.13 Å². The molecular weight excluding hydrogens is 389 g/mol. The molecule has 26 heavy (non-hydrogen) atoms. The maximum Gasteiger partial charge on any atom is 0.255 e. The van der Waals surface area contributed by atoms with E-state index >= 15 is 0 Å². The van der Waals surface area contributed by atoms with E-state index in [1.165, 1.54) is 10.3 Å². The first-order valence-electron chi connectivity index (χ1n) is 8.38. The molecule has 0 spiro atoms. The van der Waals surface area contributed by atoms with E-state index in [2.05, 4.69) is 30.0 Å². The molecule has 134 valence electrons. The molecule has 0 aliphatic carbocycles. The molecule has 2 heterocycles. The third-order valence-corrected chi connectivity index (χ3v) is 6.16. The smallest absolute Gasteiger partial charge is 0.255 e. The van der Waals surface area contributed by atoms with Gasteiger partial charge in [0.2, 0.25) is 0 Å². The van der Waals surface area contributed by atoms with Gasteiger partial charge in [-0.1, -0.05) is 40.6 Å². The number of amides is 1. The summed E-state index contributed by atoms with van der Waals surface area (Å²) in [6, 6.07) is 11.3. The summed E-state index contributed by atoms with van der Waals surface area (Å²) in [6.45, 7) is 4.90. The predicted octanol–water partition coefficient (Wildman–Crippen LogP) is 4.87. The van der Waals surface area contributed by atoms with Crippen molar-refractivity contribution in [3.63, 3.8) is 0 Å². The van der Waals surface area contributed by atoms with Gasteiger partial charge in [-0.3, -0.25) is 4.79 Å². The minimum absolute atomic E-state index is 0.0498. The van der Waals surface area contributed by atoms with Crippen molar-refractivity contribution in [2.45, 2.75) is 6.92 Å². The first kappa shape index (κ1) is 17.6. The van der Waals surface area contributed by atoms with Crippen LogP contribution in [0.3, 0.4) is 0 Å². The first-order chi connectivity index (χ1) is 12.5. The van der Waals surface area contributed by atoms with E-state index in [1.807, 2.05) is 4.90 Å². The standard InChI is InChI=1S/C19H17Cl2N3OS/c1-12-2-5-16-17(10-12)26-19(22-16)24-8-6-23(7-9-24)18(25)14-4-3-13(20)11-15(14)21/h2-5,10-11H,6-9H2,1H3. The van der Waals surface area contributed by atoms with Gasteiger partial charge in [-0.05, 0) is 42.8 Å². The normalized spacial score (nSPS) is 14.9. The average Bonchev–Trinajstić information content (AvgIpc) is 3.04. The number of anilines is 1. The number of piperazine rings is 1. The van der Waals surface area contributed by atoms with Gasteiger partial charge in [0.25, 0.3) is 5.91 Å². The van der Waals surface area contributed by atoms with Crippen molar-refractivity contribution in [3.05, 3.63) is 57.6 Å². The number of rotatable bonds is 2. The van der Waals surface area contributed by atoms with Gasteiger partial charge in [0.1, 0.15) is 0 Å². The highest BCUT2D eigenvalue weighted by Crippen LogP contribution is 2.30. The molecule has 0 unspecified atom stereocenters. The molecule has 0 N–H and O–H groups in total. The topological polar surface area (TPSA) is 36.4 Å². The fourth-order valence-electron chi connectivity index (χ4n) is 3.09. The molecule has 2 aromatic carbocycles. The van der Waals surface area contributed by atoms with Crippen LogP contribution < -0.4 is 4.90 Å². The number of fused-ring (bicyclic) bond motifs is 1. The van der Waals surface area contributed by atoms with Crippen molar-refractivity contribution in [2.75, 3.05) is 31.1 Å². The number of aromatic nitrogens is 1. The van der Waals surface area contributed by atoms with Crippen LogP contribution in [0.5, 0.6) is 0 Å². The lowest BCUT2D eigenvalue weighted by Crippen LogP contribution is -2.48. The molecule has 4 rings (SSSR count). The average molecular weight is 406 g/mol. The van der Waals surface area contributed by atoms with E-state index in [1.54, 1.807) is 29.5 Å². The Hall–Kier alpha value is -1.82. The molecule has 7 heteroatoms. The number of hydrogen-bond donors (Lipinski definition) is 0. The SMILES string of the molecule is Cc1ccc2nc(N3CCN(C(=O)c4ccc(Cl)cc4Cl)CC3)sc2c1. The highest BCUT2D eigenvalue weighted by atomic mass is 35.5. The van der Waals surface area contributed by atoms with Crippen LogP contribution in [-0.4, -0.2) is 42.0 Å². The number of benzene rings is 2. The van der Waals surface area contributed by atoms with Crippen molar-refractivity contribution in [2.24, 2.45) is 0 Å². The summed E-state index contributed by atoms with van der Waals surface area (Å²) in [7, 11) is 0. The first-order valence-corrected chi connectivity index (χ1v) is 9.95. The molecule has 1 fully saturated rings. The minimum Gasteiger partial charge on any atom is -0.345 e. The van der Waals surface area contributed by atoms with Gasteiger partial charge >= 0.3 is 0 Å². The largest absolute Gasteiger partial charge is 0.345 e. The lowest BCUT2D eigenvalue weighted by Gasteiger charge is -2.34. The van der Waals surface area contributed by atoms with Crippen LogP contribution >= 0.6 is 34.5 Å². The van der Waals surface area contributed by atoms with E-state index in [0.717, 1.165) is 23.7 Å². The van der Waals surface area contributed by atoms with E-state index in [9.17, 15) is 4.79 Å². The zero-order chi connectivity index (χ0) is 18.3. The second-order valence-electron chi connectivity index (χ2n) is 6.37. The Bertz CT molecular complexity index is 980. The lowest BCUT2D eigenvalue weighted by atomic mass is 10.2. The summed E-state index contributed by atoms with van der Waals surface area (Å²) in [5, 5.41) is 1.94. The van der Waals surface area contributed by atoms with Crippen molar-refractivity contribution in [3.8, 4) is 0 Å². The van der Waals surface area contributed by atoms with Gasteiger partial charge in [-0.25, -0.2) is 4.98 Å². The zero-order valence-electron chi connectivity index (χ0n) is 14.2. The monoisotopic (exact) mass is 405 g/mol. The molecular formula is C19H17Cl2N3OS. The molecule has 0 saturated carbocycles. The van der Waals surface area contributed by atoms with Gasteiger partial charge in [0.05, 0.1) is 20.8 Å². The van der Waals surface area contributed by atoms with Crippen molar-refractivity contribution in [1.82, 2.24) is 9.88 Å². The molecule has 1 amide bonds. The molecule has 0 radical (unpaired) electrons. The predicted molar refractivity (Wildman–Crippen MR) is 109 cm³/mol. The Morgan fingerprint density at radius 3 is 2.58 bits per heavy atom. The number of thiazole rings is 1. The summed E-state index contributed by atoms with van der Waals surface area (Å²) in [5.74, 6) is -0.0498. The third kappa shape index (κ3) is 3.39. The molecule has 1 aromatic heterocycles. The van der Waals surface area contributed by atoms with Crippen molar-refractivity contribution < 1.29 is 4.79 Å². The maximum absolute atomic E-state index is 12.7. The number of nitrogens with zero attached hydrogens (tertiary/aromatic N) is 3. The quantitative estimate of drug-likeness (QED) is 0.609. The molecule has 1 aliphatic rings. The molecule has 1 aliphatic heterocycles. The van der Waals surface area contributed by atoms with E-state index in [4.69, 9.17) is 28.2 Å². The van der Waals surface area contributed by atoms with Gasteiger partial charge in [-0.2, -0.15) is 0 Å². The Balaban J connectivity index is 1.47. The van der Waals surface area contributed by atoms with Gasteiger partial charge < -0.3 is 9.80 Å². The Kier molecular flexibility index (Phi) is 4.78.